The molecule has 0 unspecified atom stereocenters. The highest BCUT2D eigenvalue weighted by Gasteiger charge is 2.27. The average Bonchev–Trinajstić information content (AvgIpc) is 2.92. The number of carbonyl (C=O) groups excluding carboxylic acids is 1. The van der Waals surface area contributed by atoms with E-state index in [9.17, 15) is 13.2 Å². The first kappa shape index (κ1) is 19.8. The van der Waals surface area contributed by atoms with Gasteiger partial charge in [-0.25, -0.2) is 17.5 Å². The van der Waals surface area contributed by atoms with Gasteiger partial charge >= 0.3 is 6.03 Å². The third-order valence-electron chi connectivity index (χ3n) is 5.05. The van der Waals surface area contributed by atoms with Crippen LogP contribution in [0.4, 0.5) is 4.79 Å². The van der Waals surface area contributed by atoms with Gasteiger partial charge in [0.1, 0.15) is 0 Å². The van der Waals surface area contributed by atoms with Crippen molar-refractivity contribution >= 4 is 16.1 Å². The van der Waals surface area contributed by atoms with Crippen molar-refractivity contribution in [1.29, 1.82) is 0 Å². The number of carbonyl (C=O) groups is 1. The summed E-state index contributed by atoms with van der Waals surface area (Å²) in [5, 5.41) is 2.99. The minimum atomic E-state index is -3.22. The van der Waals surface area contributed by atoms with Gasteiger partial charge in [-0.15, -0.1) is 0 Å². The molecule has 1 N–H and O–H groups in total. The molecule has 0 atom stereocenters. The van der Waals surface area contributed by atoms with Crippen LogP contribution in [0.3, 0.4) is 0 Å². The van der Waals surface area contributed by atoms with Crippen molar-refractivity contribution in [3.63, 3.8) is 0 Å². The summed E-state index contributed by atoms with van der Waals surface area (Å²) in [6.45, 7) is 6.51. The predicted octanol–water partition coefficient (Wildman–Crippen LogP) is 1.37. The van der Waals surface area contributed by atoms with E-state index < -0.39 is 10.0 Å². The van der Waals surface area contributed by atoms with Crippen molar-refractivity contribution in [2.45, 2.75) is 25.7 Å². The maximum Gasteiger partial charge on any atom is 0.317 e. The maximum absolute atomic E-state index is 12.6. The molecular formula is C18H27N3O5S. The molecule has 1 aromatic carbocycles. The molecule has 2 amide bonds. The quantitative estimate of drug-likeness (QED) is 0.829. The zero-order valence-corrected chi connectivity index (χ0v) is 16.8. The summed E-state index contributed by atoms with van der Waals surface area (Å²) in [6.07, 6.45) is 1.84. The van der Waals surface area contributed by atoms with Crippen molar-refractivity contribution in [2.75, 3.05) is 45.8 Å². The van der Waals surface area contributed by atoms with Crippen molar-refractivity contribution in [3.8, 4) is 11.5 Å². The summed E-state index contributed by atoms with van der Waals surface area (Å²) in [7, 11) is -3.22. The summed E-state index contributed by atoms with van der Waals surface area (Å²) in [5.74, 6) is 1.46. The minimum absolute atomic E-state index is 0.167. The van der Waals surface area contributed by atoms with E-state index in [-0.39, 0.29) is 18.2 Å². The zero-order chi connectivity index (χ0) is 19.7. The monoisotopic (exact) mass is 397 g/mol. The van der Waals surface area contributed by atoms with Gasteiger partial charge in [0.05, 0.1) is 6.26 Å². The van der Waals surface area contributed by atoms with Gasteiger partial charge in [0.15, 0.2) is 11.5 Å². The second-order valence-electron chi connectivity index (χ2n) is 7.61. The summed E-state index contributed by atoms with van der Waals surface area (Å²) in [4.78, 5) is 14.3. The number of ether oxygens (including phenoxy) is 2. The Labute approximate surface area is 160 Å². The molecule has 1 saturated heterocycles. The molecule has 0 bridgehead atoms. The lowest BCUT2D eigenvalue weighted by atomic mass is 9.84. The molecule has 2 aliphatic heterocycles. The topological polar surface area (TPSA) is 88.2 Å². The Kier molecular flexibility index (Phi) is 5.53. The number of hydrogen-bond acceptors (Lipinski definition) is 5. The van der Waals surface area contributed by atoms with E-state index in [2.05, 4.69) is 19.2 Å². The van der Waals surface area contributed by atoms with Crippen molar-refractivity contribution in [3.05, 3.63) is 23.8 Å². The van der Waals surface area contributed by atoms with Gasteiger partial charge in [-0.1, -0.05) is 19.9 Å². The molecule has 1 fully saturated rings. The number of nitrogens with zero attached hydrogens (tertiary/aromatic N) is 2. The van der Waals surface area contributed by atoms with E-state index in [1.807, 2.05) is 18.2 Å². The van der Waals surface area contributed by atoms with Gasteiger partial charge in [-0.05, 0) is 24.1 Å². The average molecular weight is 397 g/mol. The molecule has 9 heteroatoms. The zero-order valence-electron chi connectivity index (χ0n) is 16.0. The van der Waals surface area contributed by atoms with Crippen LogP contribution in [0.2, 0.25) is 0 Å². The largest absolute Gasteiger partial charge is 0.454 e. The SMILES string of the molecule is CC(C)(CNC(=O)N1CCCN(S(C)(=O)=O)CC1)c1ccc2c(c1)OCO2. The van der Waals surface area contributed by atoms with E-state index in [4.69, 9.17) is 9.47 Å². The molecule has 0 radical (unpaired) electrons. The highest BCUT2D eigenvalue weighted by molar-refractivity contribution is 7.88. The van der Waals surface area contributed by atoms with Crippen LogP contribution in [0.25, 0.3) is 0 Å². The molecule has 0 aliphatic carbocycles. The van der Waals surface area contributed by atoms with E-state index in [0.29, 0.717) is 39.1 Å². The molecule has 0 saturated carbocycles. The van der Waals surface area contributed by atoms with Crippen LogP contribution in [-0.2, 0) is 15.4 Å². The molecule has 3 rings (SSSR count). The fraction of sp³-hybridized carbons (Fsp3) is 0.611. The van der Waals surface area contributed by atoms with Gasteiger partial charge < -0.3 is 19.7 Å². The van der Waals surface area contributed by atoms with Gasteiger partial charge in [0.25, 0.3) is 0 Å². The highest BCUT2D eigenvalue weighted by Crippen LogP contribution is 2.36. The summed E-state index contributed by atoms with van der Waals surface area (Å²) >= 11 is 0. The van der Waals surface area contributed by atoms with Gasteiger partial charge in [-0.3, -0.25) is 0 Å². The van der Waals surface area contributed by atoms with Crippen LogP contribution in [0, 0.1) is 0 Å². The highest BCUT2D eigenvalue weighted by atomic mass is 32.2. The molecule has 1 aromatic rings. The minimum Gasteiger partial charge on any atom is -0.454 e. The number of benzene rings is 1. The Morgan fingerprint density at radius 2 is 1.89 bits per heavy atom. The normalized spacial score (nSPS) is 18.3. The Balaban J connectivity index is 1.58. The second-order valence-corrected chi connectivity index (χ2v) is 9.60. The van der Waals surface area contributed by atoms with Crippen LogP contribution in [0.1, 0.15) is 25.8 Å². The molecule has 2 heterocycles. The number of rotatable bonds is 4. The summed E-state index contributed by atoms with van der Waals surface area (Å²) in [5.41, 5.74) is 0.757. The first-order valence-electron chi connectivity index (χ1n) is 9.05. The van der Waals surface area contributed by atoms with Gasteiger partial charge in [0.2, 0.25) is 16.8 Å². The fourth-order valence-electron chi connectivity index (χ4n) is 3.26. The number of nitrogens with one attached hydrogen (secondary N) is 1. The molecule has 0 spiro atoms. The summed E-state index contributed by atoms with van der Waals surface area (Å²) < 4.78 is 35.6. The molecule has 8 nitrogen and oxygen atoms in total. The van der Waals surface area contributed by atoms with Crippen molar-refractivity contribution < 1.29 is 22.7 Å². The molecule has 27 heavy (non-hydrogen) atoms. The number of hydrogen-bond donors (Lipinski definition) is 1. The lowest BCUT2D eigenvalue weighted by molar-refractivity contribution is 0.174. The number of sulfonamides is 1. The van der Waals surface area contributed by atoms with Crippen LogP contribution in [-0.4, -0.2) is 69.4 Å². The maximum atomic E-state index is 12.6. The molecule has 2 aliphatic rings. The Hall–Kier alpha value is -2.00. The smallest absolute Gasteiger partial charge is 0.317 e. The van der Waals surface area contributed by atoms with Gasteiger partial charge in [-0.2, -0.15) is 0 Å². The lowest BCUT2D eigenvalue weighted by Gasteiger charge is -2.28. The van der Waals surface area contributed by atoms with E-state index in [1.165, 1.54) is 10.6 Å². The van der Waals surface area contributed by atoms with Crippen LogP contribution in [0.5, 0.6) is 11.5 Å². The Morgan fingerprint density at radius 3 is 2.63 bits per heavy atom. The van der Waals surface area contributed by atoms with E-state index in [0.717, 1.165) is 17.1 Å². The standard InChI is InChI=1S/C18H27N3O5S/c1-18(2,14-5-6-15-16(11-14)26-13-25-15)12-19-17(22)20-7-4-8-21(10-9-20)27(3,23)24/h5-6,11H,4,7-10,12-13H2,1-3H3,(H,19,22). The lowest BCUT2D eigenvalue weighted by Crippen LogP contribution is -2.46. The second kappa shape index (κ2) is 7.55. The van der Waals surface area contributed by atoms with E-state index >= 15 is 0 Å². The third-order valence-corrected chi connectivity index (χ3v) is 6.35. The van der Waals surface area contributed by atoms with Crippen molar-refractivity contribution in [1.82, 2.24) is 14.5 Å². The number of fused-ring (bicyclic) bond motifs is 1. The molecular weight excluding hydrogens is 370 g/mol. The van der Waals surface area contributed by atoms with Crippen molar-refractivity contribution in [2.24, 2.45) is 0 Å². The van der Waals surface area contributed by atoms with Gasteiger partial charge in [0, 0.05) is 38.1 Å². The van der Waals surface area contributed by atoms with Crippen LogP contribution >= 0.6 is 0 Å². The fourth-order valence-corrected chi connectivity index (χ4v) is 4.13. The summed E-state index contributed by atoms with van der Waals surface area (Å²) in [6, 6.07) is 5.65. The Bertz CT molecular complexity index is 809. The molecule has 150 valence electrons. The predicted molar refractivity (Wildman–Crippen MR) is 102 cm³/mol. The van der Waals surface area contributed by atoms with E-state index in [1.54, 1.807) is 4.90 Å². The third kappa shape index (κ3) is 4.65. The number of amides is 2. The number of urea groups is 1. The van der Waals surface area contributed by atoms with Crippen LogP contribution < -0.4 is 14.8 Å². The Morgan fingerprint density at radius 1 is 1.15 bits per heavy atom. The molecule has 0 aromatic heterocycles. The first-order valence-corrected chi connectivity index (χ1v) is 10.9. The first-order chi connectivity index (χ1) is 12.7. The van der Waals surface area contributed by atoms with Crippen LogP contribution in [0.15, 0.2) is 18.2 Å².